The van der Waals surface area contributed by atoms with Crippen molar-refractivity contribution in [2.75, 3.05) is 18.4 Å². The number of nitrogens with zero attached hydrogens (tertiary/aromatic N) is 1. The van der Waals surface area contributed by atoms with Gasteiger partial charge in [-0.2, -0.15) is 0 Å². The van der Waals surface area contributed by atoms with Crippen LogP contribution in [0.5, 0.6) is 0 Å². The monoisotopic (exact) mass is 439 g/mol. The van der Waals surface area contributed by atoms with E-state index in [0.29, 0.717) is 5.02 Å². The Morgan fingerprint density at radius 3 is 2.70 bits per heavy atom. The maximum absolute atomic E-state index is 13.1. The van der Waals surface area contributed by atoms with E-state index in [1.807, 2.05) is 36.4 Å². The molecule has 2 aromatic heterocycles. The number of hydrogen-bond acceptors (Lipinski definition) is 4. The van der Waals surface area contributed by atoms with Gasteiger partial charge in [-0.1, -0.05) is 23.7 Å². The maximum atomic E-state index is 13.1. The zero-order chi connectivity index (χ0) is 20.9. The van der Waals surface area contributed by atoms with Crippen LogP contribution in [-0.4, -0.2) is 18.1 Å². The SMILES string of the molecule is CC(NCCCNc1ccnc2cc(Cl)ccc12)c1ccc(-c2ccc(F)cc2)s1. The minimum atomic E-state index is -0.206. The molecule has 4 rings (SSSR count). The summed E-state index contributed by atoms with van der Waals surface area (Å²) >= 11 is 7.80. The molecule has 0 spiro atoms. The van der Waals surface area contributed by atoms with E-state index in [1.165, 1.54) is 17.0 Å². The predicted octanol–water partition coefficient (Wildman–Crippen LogP) is 6.91. The van der Waals surface area contributed by atoms with E-state index in [9.17, 15) is 4.39 Å². The molecule has 3 nitrogen and oxygen atoms in total. The number of hydrogen-bond donors (Lipinski definition) is 2. The van der Waals surface area contributed by atoms with Gasteiger partial charge in [-0.05, 0) is 74.0 Å². The van der Waals surface area contributed by atoms with Crippen molar-refractivity contribution in [3.8, 4) is 10.4 Å². The van der Waals surface area contributed by atoms with Crippen LogP contribution < -0.4 is 10.6 Å². The first-order valence-electron chi connectivity index (χ1n) is 9.97. The molecule has 1 unspecified atom stereocenters. The van der Waals surface area contributed by atoms with Gasteiger partial charge in [-0.3, -0.25) is 4.98 Å². The molecule has 154 valence electrons. The summed E-state index contributed by atoms with van der Waals surface area (Å²) in [5, 5.41) is 8.86. The van der Waals surface area contributed by atoms with Crippen LogP contribution in [0.1, 0.15) is 24.3 Å². The van der Waals surface area contributed by atoms with Gasteiger partial charge >= 0.3 is 0 Å². The Bertz CT molecular complexity index is 1130. The van der Waals surface area contributed by atoms with Crippen LogP contribution in [-0.2, 0) is 0 Å². The van der Waals surface area contributed by atoms with E-state index < -0.39 is 0 Å². The molecule has 4 aromatic rings. The Balaban J connectivity index is 1.27. The Hall–Kier alpha value is -2.47. The molecule has 2 N–H and O–H groups in total. The molecule has 0 amide bonds. The molecule has 0 saturated heterocycles. The van der Waals surface area contributed by atoms with Crippen LogP contribution in [0.25, 0.3) is 21.3 Å². The average molecular weight is 440 g/mol. The summed E-state index contributed by atoms with van der Waals surface area (Å²) in [5.41, 5.74) is 3.02. The minimum absolute atomic E-state index is 0.206. The van der Waals surface area contributed by atoms with E-state index in [0.717, 1.165) is 46.5 Å². The van der Waals surface area contributed by atoms with Gasteiger partial charge in [0.25, 0.3) is 0 Å². The summed E-state index contributed by atoms with van der Waals surface area (Å²) in [6.07, 6.45) is 2.80. The van der Waals surface area contributed by atoms with E-state index in [-0.39, 0.29) is 11.9 Å². The highest BCUT2D eigenvalue weighted by Gasteiger charge is 2.09. The summed E-state index contributed by atoms with van der Waals surface area (Å²) in [7, 11) is 0. The molecule has 6 heteroatoms. The Kier molecular flexibility index (Phi) is 6.62. The fourth-order valence-corrected chi connectivity index (χ4v) is 4.57. The van der Waals surface area contributed by atoms with Crippen LogP contribution in [0.2, 0.25) is 5.02 Å². The third kappa shape index (κ3) is 4.98. The van der Waals surface area contributed by atoms with Crippen molar-refractivity contribution in [1.29, 1.82) is 0 Å². The largest absolute Gasteiger partial charge is 0.384 e. The van der Waals surface area contributed by atoms with Crippen molar-refractivity contribution in [1.82, 2.24) is 10.3 Å². The quantitative estimate of drug-likeness (QED) is 0.293. The number of halogens is 2. The summed E-state index contributed by atoms with van der Waals surface area (Å²) in [6.45, 7) is 3.95. The molecule has 0 radical (unpaired) electrons. The molecular formula is C24H23ClFN3S. The van der Waals surface area contributed by atoms with E-state index in [1.54, 1.807) is 17.5 Å². The number of fused-ring (bicyclic) bond motifs is 1. The van der Waals surface area contributed by atoms with Crippen LogP contribution >= 0.6 is 22.9 Å². The molecule has 0 aliphatic rings. The summed E-state index contributed by atoms with van der Waals surface area (Å²) < 4.78 is 13.1. The third-order valence-electron chi connectivity index (χ3n) is 5.01. The number of pyridine rings is 1. The standard InChI is InChI=1S/C24H23ClFN3S/c1-16(23-9-10-24(30-23)17-3-6-19(26)7-4-17)27-12-2-13-28-21-11-14-29-22-15-18(25)5-8-20(21)22/h3-11,14-16,27H,2,12-13H2,1H3,(H,28,29). The number of rotatable bonds is 8. The van der Waals surface area contributed by atoms with Gasteiger partial charge < -0.3 is 10.6 Å². The van der Waals surface area contributed by atoms with Crippen LogP contribution in [0.4, 0.5) is 10.1 Å². The fourth-order valence-electron chi connectivity index (χ4n) is 3.36. The average Bonchev–Trinajstić information content (AvgIpc) is 3.24. The van der Waals surface area contributed by atoms with Crippen molar-refractivity contribution in [2.24, 2.45) is 0 Å². The number of thiophene rings is 1. The zero-order valence-electron chi connectivity index (χ0n) is 16.7. The lowest BCUT2D eigenvalue weighted by atomic mass is 10.2. The summed E-state index contributed by atoms with van der Waals surface area (Å²) in [4.78, 5) is 6.81. The summed E-state index contributed by atoms with van der Waals surface area (Å²) in [6, 6.07) is 18.9. The van der Waals surface area contributed by atoms with Crippen molar-refractivity contribution < 1.29 is 4.39 Å². The summed E-state index contributed by atoms with van der Waals surface area (Å²) in [5.74, 6) is -0.206. The maximum Gasteiger partial charge on any atom is 0.123 e. The van der Waals surface area contributed by atoms with Crippen molar-refractivity contribution in [3.63, 3.8) is 0 Å². The van der Waals surface area contributed by atoms with Crippen LogP contribution in [0, 0.1) is 5.82 Å². The highest BCUT2D eigenvalue weighted by Crippen LogP contribution is 2.31. The molecule has 0 aliphatic heterocycles. The highest BCUT2D eigenvalue weighted by molar-refractivity contribution is 7.15. The Labute approximate surface area is 184 Å². The van der Waals surface area contributed by atoms with Gasteiger partial charge in [0.1, 0.15) is 5.82 Å². The van der Waals surface area contributed by atoms with E-state index in [4.69, 9.17) is 11.6 Å². The molecule has 2 heterocycles. The lowest BCUT2D eigenvalue weighted by molar-refractivity contribution is 0.572. The topological polar surface area (TPSA) is 37.0 Å². The lowest BCUT2D eigenvalue weighted by Crippen LogP contribution is -2.21. The Morgan fingerprint density at radius 2 is 1.87 bits per heavy atom. The minimum Gasteiger partial charge on any atom is -0.384 e. The molecule has 0 bridgehead atoms. The van der Waals surface area contributed by atoms with Gasteiger partial charge in [-0.15, -0.1) is 11.3 Å². The molecule has 0 aliphatic carbocycles. The van der Waals surface area contributed by atoms with Gasteiger partial charge in [0, 0.05) is 44.6 Å². The number of benzene rings is 2. The molecule has 1 atom stereocenters. The second kappa shape index (κ2) is 9.56. The number of nitrogens with one attached hydrogen (secondary N) is 2. The van der Waals surface area contributed by atoms with E-state index >= 15 is 0 Å². The van der Waals surface area contributed by atoms with Gasteiger partial charge in [0.2, 0.25) is 0 Å². The molecule has 2 aromatic carbocycles. The normalized spacial score (nSPS) is 12.2. The molecule has 0 fully saturated rings. The smallest absolute Gasteiger partial charge is 0.123 e. The Morgan fingerprint density at radius 1 is 1.03 bits per heavy atom. The lowest BCUT2D eigenvalue weighted by Gasteiger charge is -2.13. The van der Waals surface area contributed by atoms with E-state index in [2.05, 4.69) is 34.7 Å². The van der Waals surface area contributed by atoms with Gasteiger partial charge in [-0.25, -0.2) is 4.39 Å². The first-order valence-corrected chi connectivity index (χ1v) is 11.2. The third-order valence-corrected chi connectivity index (χ3v) is 6.56. The molecule has 0 saturated carbocycles. The first kappa shape index (κ1) is 20.8. The van der Waals surface area contributed by atoms with Gasteiger partial charge in [0.05, 0.1) is 5.52 Å². The highest BCUT2D eigenvalue weighted by atomic mass is 35.5. The zero-order valence-corrected chi connectivity index (χ0v) is 18.2. The van der Waals surface area contributed by atoms with Crippen molar-refractivity contribution >= 4 is 39.5 Å². The fraction of sp³-hybridized carbons (Fsp3) is 0.208. The first-order chi connectivity index (χ1) is 14.6. The second-order valence-corrected chi connectivity index (χ2v) is 8.74. The van der Waals surface area contributed by atoms with Gasteiger partial charge in [0.15, 0.2) is 0 Å². The predicted molar refractivity (Wildman–Crippen MR) is 126 cm³/mol. The van der Waals surface area contributed by atoms with Crippen LogP contribution in [0.15, 0.2) is 66.9 Å². The van der Waals surface area contributed by atoms with Crippen molar-refractivity contribution in [3.05, 3.63) is 82.6 Å². The molecular weight excluding hydrogens is 417 g/mol. The number of anilines is 1. The second-order valence-electron chi connectivity index (χ2n) is 7.19. The van der Waals surface area contributed by atoms with Crippen LogP contribution in [0.3, 0.4) is 0 Å². The number of aromatic nitrogens is 1. The van der Waals surface area contributed by atoms with Crippen molar-refractivity contribution in [2.45, 2.75) is 19.4 Å². The molecule has 30 heavy (non-hydrogen) atoms.